The van der Waals surface area contributed by atoms with Gasteiger partial charge in [-0.3, -0.25) is 9.59 Å². The van der Waals surface area contributed by atoms with Gasteiger partial charge in [-0.2, -0.15) is 0 Å². The number of amides is 2. The first-order valence-corrected chi connectivity index (χ1v) is 12.0. The van der Waals surface area contributed by atoms with E-state index in [2.05, 4.69) is 29.6 Å². The first-order chi connectivity index (χ1) is 16.9. The molecule has 186 valence electrons. The Hall–Kier alpha value is -3.39. The molecule has 4 rings (SSSR count). The van der Waals surface area contributed by atoms with Crippen LogP contribution in [-0.2, 0) is 19.1 Å². The highest BCUT2D eigenvalue weighted by atomic mass is 16.5. The van der Waals surface area contributed by atoms with Crippen LogP contribution in [0.25, 0.3) is 11.1 Å². The Labute approximate surface area is 205 Å². The normalized spacial score (nSPS) is 19.7. The Morgan fingerprint density at radius 1 is 1.06 bits per heavy atom. The van der Waals surface area contributed by atoms with Gasteiger partial charge in [0.2, 0.25) is 5.91 Å². The Bertz CT molecular complexity index is 1040. The van der Waals surface area contributed by atoms with Gasteiger partial charge in [-0.15, -0.1) is 0 Å². The number of aliphatic carboxylic acids is 1. The fraction of sp³-hybridized carbons (Fsp3) is 0.444. The average Bonchev–Trinajstić information content (AvgIpc) is 3.37. The zero-order chi connectivity index (χ0) is 24.9. The highest BCUT2D eigenvalue weighted by molar-refractivity contribution is 5.79. The highest BCUT2D eigenvalue weighted by Gasteiger charge is 2.34. The van der Waals surface area contributed by atoms with Gasteiger partial charge in [0.15, 0.2) is 0 Å². The van der Waals surface area contributed by atoms with E-state index >= 15 is 0 Å². The summed E-state index contributed by atoms with van der Waals surface area (Å²) >= 11 is 0. The van der Waals surface area contributed by atoms with Crippen molar-refractivity contribution < 1.29 is 29.0 Å². The van der Waals surface area contributed by atoms with E-state index in [0.717, 1.165) is 22.3 Å². The SMILES string of the molecule is COC(CNC(=O)OCC1c2ccccc2-c2ccccc21)CC(=O)N1C[C@@H](CC(=O)O)[C@H](C)C1. The molecule has 0 spiro atoms. The molecule has 1 aliphatic carbocycles. The lowest BCUT2D eigenvalue weighted by atomic mass is 9.95. The van der Waals surface area contributed by atoms with E-state index in [1.165, 1.54) is 7.11 Å². The van der Waals surface area contributed by atoms with Crippen LogP contribution in [-0.4, -0.2) is 67.4 Å². The van der Waals surface area contributed by atoms with Gasteiger partial charge in [0.25, 0.3) is 0 Å². The van der Waals surface area contributed by atoms with E-state index in [9.17, 15) is 14.4 Å². The maximum atomic E-state index is 12.7. The second kappa shape index (κ2) is 10.9. The van der Waals surface area contributed by atoms with Gasteiger partial charge in [-0.25, -0.2) is 4.79 Å². The number of rotatable bonds is 9. The molecule has 8 nitrogen and oxygen atoms in total. The summed E-state index contributed by atoms with van der Waals surface area (Å²) in [6.07, 6.45) is -0.899. The maximum absolute atomic E-state index is 12.7. The standard InChI is InChI=1S/C27H32N2O6/c1-17-14-29(15-18(17)11-26(31)32)25(30)12-19(34-2)13-28-27(33)35-16-24-22-9-5-3-7-20(22)21-8-4-6-10-23(21)24/h3-10,17-19,24H,11-16H2,1-2H3,(H,28,33)(H,31,32)/t17-,18-,19?/m1/s1. The van der Waals surface area contributed by atoms with Crippen LogP contribution in [0.2, 0.25) is 0 Å². The van der Waals surface area contributed by atoms with Gasteiger partial charge in [0.1, 0.15) is 6.61 Å². The molecule has 1 unspecified atom stereocenters. The molecule has 0 radical (unpaired) electrons. The lowest BCUT2D eigenvalue weighted by Gasteiger charge is -2.21. The predicted molar refractivity (Wildman–Crippen MR) is 130 cm³/mol. The maximum Gasteiger partial charge on any atom is 0.407 e. The quantitative estimate of drug-likeness (QED) is 0.569. The Morgan fingerprint density at radius 3 is 2.29 bits per heavy atom. The molecule has 1 fully saturated rings. The molecule has 0 bridgehead atoms. The number of carboxylic acids is 1. The fourth-order valence-electron chi connectivity index (χ4n) is 5.14. The van der Waals surface area contributed by atoms with Crippen molar-refractivity contribution in [3.8, 4) is 11.1 Å². The van der Waals surface area contributed by atoms with E-state index in [0.29, 0.717) is 13.1 Å². The largest absolute Gasteiger partial charge is 0.481 e. The Kier molecular flexibility index (Phi) is 7.70. The van der Waals surface area contributed by atoms with Crippen molar-refractivity contribution >= 4 is 18.0 Å². The summed E-state index contributed by atoms with van der Waals surface area (Å²) in [6, 6.07) is 16.3. The summed E-state index contributed by atoms with van der Waals surface area (Å²) in [5.41, 5.74) is 4.61. The summed E-state index contributed by atoms with van der Waals surface area (Å²) in [6.45, 7) is 3.29. The molecule has 0 saturated carbocycles. The van der Waals surface area contributed by atoms with E-state index in [4.69, 9.17) is 14.6 Å². The van der Waals surface area contributed by atoms with Crippen LogP contribution in [0.3, 0.4) is 0 Å². The van der Waals surface area contributed by atoms with Gasteiger partial charge in [0.05, 0.1) is 18.9 Å². The van der Waals surface area contributed by atoms with Crippen molar-refractivity contribution in [3.63, 3.8) is 0 Å². The van der Waals surface area contributed by atoms with Crippen LogP contribution in [0, 0.1) is 11.8 Å². The number of methoxy groups -OCH3 is 1. The number of carboxylic acid groups (broad SMARTS) is 1. The van der Waals surface area contributed by atoms with Gasteiger partial charge in [-0.1, -0.05) is 55.5 Å². The third kappa shape index (κ3) is 5.65. The Balaban J connectivity index is 1.26. The lowest BCUT2D eigenvalue weighted by molar-refractivity contribution is -0.139. The summed E-state index contributed by atoms with van der Waals surface area (Å²) in [5.74, 6) is -0.889. The minimum Gasteiger partial charge on any atom is -0.481 e. The Morgan fingerprint density at radius 2 is 1.69 bits per heavy atom. The molecular weight excluding hydrogens is 448 g/mol. The molecule has 1 saturated heterocycles. The smallest absolute Gasteiger partial charge is 0.407 e. The number of fused-ring (bicyclic) bond motifs is 3. The average molecular weight is 481 g/mol. The fourth-order valence-corrected chi connectivity index (χ4v) is 5.14. The van der Waals surface area contributed by atoms with E-state index in [1.54, 1.807) is 4.90 Å². The van der Waals surface area contributed by atoms with Gasteiger partial charge in [-0.05, 0) is 34.1 Å². The molecule has 2 aliphatic rings. The van der Waals surface area contributed by atoms with Crippen LogP contribution in [0.15, 0.2) is 48.5 Å². The van der Waals surface area contributed by atoms with Crippen molar-refractivity contribution in [1.29, 1.82) is 0 Å². The monoisotopic (exact) mass is 480 g/mol. The summed E-state index contributed by atoms with van der Waals surface area (Å²) in [7, 11) is 1.50. The first kappa shape index (κ1) is 24.7. The van der Waals surface area contributed by atoms with Crippen LogP contribution in [0.4, 0.5) is 4.79 Å². The molecule has 2 N–H and O–H groups in total. The molecule has 3 atom stereocenters. The van der Waals surface area contributed by atoms with Crippen molar-refractivity contribution in [2.75, 3.05) is 33.4 Å². The van der Waals surface area contributed by atoms with Gasteiger partial charge >= 0.3 is 12.1 Å². The van der Waals surface area contributed by atoms with Crippen LogP contribution < -0.4 is 5.32 Å². The minimum atomic E-state index is -0.849. The molecule has 35 heavy (non-hydrogen) atoms. The third-order valence-electron chi connectivity index (χ3n) is 7.11. The van der Waals surface area contributed by atoms with Crippen LogP contribution in [0.1, 0.15) is 36.8 Å². The molecule has 0 aromatic heterocycles. The molecule has 8 heteroatoms. The number of hydrogen-bond acceptors (Lipinski definition) is 5. The van der Waals surface area contributed by atoms with Crippen molar-refractivity contribution in [3.05, 3.63) is 59.7 Å². The highest BCUT2D eigenvalue weighted by Crippen LogP contribution is 2.44. The lowest BCUT2D eigenvalue weighted by Crippen LogP contribution is -2.38. The number of likely N-dealkylation sites (tertiary alicyclic amines) is 1. The van der Waals surface area contributed by atoms with Crippen molar-refractivity contribution in [2.24, 2.45) is 11.8 Å². The molecule has 1 aliphatic heterocycles. The minimum absolute atomic E-state index is 0.0242. The number of benzene rings is 2. The number of ether oxygens (including phenoxy) is 2. The third-order valence-corrected chi connectivity index (χ3v) is 7.11. The predicted octanol–water partition coefficient (Wildman–Crippen LogP) is 3.50. The molecular formula is C27H32N2O6. The van der Waals surface area contributed by atoms with E-state index < -0.39 is 18.2 Å². The van der Waals surface area contributed by atoms with E-state index in [-0.39, 0.29) is 49.7 Å². The van der Waals surface area contributed by atoms with Crippen molar-refractivity contribution in [2.45, 2.75) is 31.8 Å². The zero-order valence-corrected chi connectivity index (χ0v) is 20.1. The zero-order valence-electron chi connectivity index (χ0n) is 20.1. The van der Waals surface area contributed by atoms with Crippen molar-refractivity contribution in [1.82, 2.24) is 10.2 Å². The number of nitrogens with one attached hydrogen (secondary N) is 1. The summed E-state index contributed by atoms with van der Waals surface area (Å²) < 4.78 is 11.0. The molecule has 2 amide bonds. The number of carbonyl (C=O) groups excluding carboxylic acids is 2. The number of carbonyl (C=O) groups is 3. The van der Waals surface area contributed by atoms with E-state index in [1.807, 2.05) is 31.2 Å². The summed E-state index contributed by atoms with van der Waals surface area (Å²) in [5, 5.41) is 11.8. The molecule has 2 aromatic carbocycles. The summed E-state index contributed by atoms with van der Waals surface area (Å²) in [4.78, 5) is 37.9. The molecule has 1 heterocycles. The van der Waals surface area contributed by atoms with Gasteiger partial charge in [0, 0.05) is 32.7 Å². The second-order valence-corrected chi connectivity index (χ2v) is 9.40. The van der Waals surface area contributed by atoms with Gasteiger partial charge < -0.3 is 24.8 Å². The van der Waals surface area contributed by atoms with Crippen LogP contribution in [0.5, 0.6) is 0 Å². The molecule has 2 aromatic rings. The number of alkyl carbamates (subject to hydrolysis) is 1. The van der Waals surface area contributed by atoms with Crippen LogP contribution >= 0.6 is 0 Å². The number of hydrogen-bond donors (Lipinski definition) is 2. The first-order valence-electron chi connectivity index (χ1n) is 12.0. The second-order valence-electron chi connectivity index (χ2n) is 9.40. The number of nitrogens with zero attached hydrogens (tertiary/aromatic N) is 1. The topological polar surface area (TPSA) is 105 Å².